The van der Waals surface area contributed by atoms with Crippen molar-refractivity contribution in [1.29, 1.82) is 5.26 Å². The summed E-state index contributed by atoms with van der Waals surface area (Å²) in [5, 5.41) is 26.0. The lowest BCUT2D eigenvalue weighted by Crippen LogP contribution is -2.20. The SMILES string of the molecule is Cc1c(C(=O)CC(N)=NS(=O)(=O)CO)cn2ncc(C#N)c(Nc3ccc(Oc4ccccc4)cc3)c12. The zero-order chi connectivity index (χ0) is 26.6. The van der Waals surface area contributed by atoms with Crippen molar-refractivity contribution in [3.05, 3.63) is 83.7 Å². The highest BCUT2D eigenvalue weighted by Gasteiger charge is 2.21. The zero-order valence-corrected chi connectivity index (χ0v) is 20.4. The Morgan fingerprint density at radius 2 is 1.86 bits per heavy atom. The van der Waals surface area contributed by atoms with Gasteiger partial charge in [0.2, 0.25) is 0 Å². The second-order valence-corrected chi connectivity index (χ2v) is 9.57. The Morgan fingerprint density at radius 3 is 2.51 bits per heavy atom. The second kappa shape index (κ2) is 10.5. The van der Waals surface area contributed by atoms with Crippen molar-refractivity contribution in [3.63, 3.8) is 0 Å². The number of sulfonamides is 1. The lowest BCUT2D eigenvalue weighted by molar-refractivity contribution is 0.1000. The molecule has 0 aliphatic carbocycles. The summed E-state index contributed by atoms with van der Waals surface area (Å²) in [6.45, 7) is 1.69. The maximum absolute atomic E-state index is 12.9. The molecule has 4 aromatic rings. The number of anilines is 2. The Hall–Kier alpha value is -4.73. The van der Waals surface area contributed by atoms with Gasteiger partial charge in [-0.25, -0.2) is 12.9 Å². The molecule has 4 N–H and O–H groups in total. The summed E-state index contributed by atoms with van der Waals surface area (Å²) in [6, 6.07) is 18.6. The molecule has 37 heavy (non-hydrogen) atoms. The van der Waals surface area contributed by atoms with Crippen LogP contribution in [0.5, 0.6) is 11.5 Å². The molecule has 0 aliphatic heterocycles. The molecule has 0 saturated heterocycles. The zero-order valence-electron chi connectivity index (χ0n) is 19.6. The minimum Gasteiger partial charge on any atom is -0.457 e. The fraction of sp³-hybridized carbons (Fsp3) is 0.120. The third-order valence-corrected chi connectivity index (χ3v) is 6.18. The van der Waals surface area contributed by atoms with E-state index in [2.05, 4.69) is 20.9 Å². The Bertz CT molecular complexity index is 1640. The molecule has 0 radical (unpaired) electrons. The van der Waals surface area contributed by atoms with Crippen molar-refractivity contribution in [2.24, 2.45) is 10.1 Å². The third-order valence-electron chi connectivity index (χ3n) is 5.34. The third kappa shape index (κ3) is 5.75. The molecule has 2 heterocycles. The number of hydrogen-bond donors (Lipinski definition) is 3. The first-order chi connectivity index (χ1) is 17.7. The van der Waals surface area contributed by atoms with Crippen LogP contribution in [0.4, 0.5) is 11.4 Å². The van der Waals surface area contributed by atoms with Crippen molar-refractivity contribution >= 4 is 38.5 Å². The number of nitriles is 1. The standard InChI is InChI=1S/C25H22N6O5S/c1-16-21(22(33)11-23(27)30-37(34,35)15-32)14-31-25(16)24(17(12-26)13-28-31)29-18-7-9-20(10-8-18)36-19-5-3-2-4-6-19/h2-10,13-14,29,32H,11,15H2,1H3,(H2,27,30). The highest BCUT2D eigenvalue weighted by molar-refractivity contribution is 7.90. The Balaban J connectivity index is 1.64. The van der Waals surface area contributed by atoms with Gasteiger partial charge in [0.15, 0.2) is 11.7 Å². The van der Waals surface area contributed by atoms with E-state index < -0.39 is 34.0 Å². The summed E-state index contributed by atoms with van der Waals surface area (Å²) in [4.78, 5) is 12.9. The number of nitrogens with two attached hydrogens (primary N) is 1. The van der Waals surface area contributed by atoms with Gasteiger partial charge in [0, 0.05) is 17.4 Å². The largest absolute Gasteiger partial charge is 0.457 e. The van der Waals surface area contributed by atoms with Gasteiger partial charge in [-0.05, 0) is 48.9 Å². The number of aliphatic hydroxyl groups excluding tert-OH is 1. The Kier molecular flexibility index (Phi) is 7.19. The fourth-order valence-electron chi connectivity index (χ4n) is 3.66. The van der Waals surface area contributed by atoms with E-state index >= 15 is 0 Å². The van der Waals surface area contributed by atoms with Crippen LogP contribution in [0, 0.1) is 18.3 Å². The van der Waals surface area contributed by atoms with E-state index in [-0.39, 0.29) is 11.1 Å². The van der Waals surface area contributed by atoms with Crippen LogP contribution in [-0.4, -0.2) is 40.7 Å². The summed E-state index contributed by atoms with van der Waals surface area (Å²) in [5.41, 5.74) is 8.21. The summed E-state index contributed by atoms with van der Waals surface area (Å²) in [5.74, 6) is -0.829. The predicted octanol–water partition coefficient (Wildman–Crippen LogP) is 3.26. The highest BCUT2D eigenvalue weighted by atomic mass is 32.2. The predicted molar refractivity (Wildman–Crippen MR) is 137 cm³/mol. The molecule has 0 fully saturated rings. The number of nitrogens with one attached hydrogen (secondary N) is 1. The molecule has 0 aliphatic rings. The van der Waals surface area contributed by atoms with Gasteiger partial charge in [0.05, 0.1) is 29.4 Å². The molecule has 4 rings (SSSR count). The van der Waals surface area contributed by atoms with E-state index in [4.69, 9.17) is 15.6 Å². The van der Waals surface area contributed by atoms with Crippen molar-refractivity contribution in [2.75, 3.05) is 11.3 Å². The first-order valence-corrected chi connectivity index (χ1v) is 12.5. The first-order valence-electron chi connectivity index (χ1n) is 10.9. The number of Topliss-reactive ketones (excluding diaryl/α,β-unsaturated/α-hetero) is 1. The van der Waals surface area contributed by atoms with Crippen LogP contribution < -0.4 is 15.8 Å². The molecule has 2 aromatic heterocycles. The van der Waals surface area contributed by atoms with Gasteiger partial charge >= 0.3 is 0 Å². The second-order valence-electron chi connectivity index (χ2n) is 7.96. The van der Waals surface area contributed by atoms with E-state index in [1.54, 1.807) is 31.2 Å². The molecular formula is C25H22N6O5S. The number of aryl methyl sites for hydroxylation is 1. The molecule has 12 heteroatoms. The lowest BCUT2D eigenvalue weighted by Gasteiger charge is -2.12. The van der Waals surface area contributed by atoms with E-state index in [1.807, 2.05) is 30.3 Å². The Morgan fingerprint density at radius 1 is 1.19 bits per heavy atom. The number of ketones is 1. The number of fused-ring (bicyclic) bond motifs is 1. The quantitative estimate of drug-likeness (QED) is 0.171. The number of benzene rings is 2. The van der Waals surface area contributed by atoms with Crippen LogP contribution >= 0.6 is 0 Å². The van der Waals surface area contributed by atoms with Crippen molar-refractivity contribution in [3.8, 4) is 17.6 Å². The van der Waals surface area contributed by atoms with Crippen LogP contribution in [0.3, 0.4) is 0 Å². The van der Waals surface area contributed by atoms with Gasteiger partial charge in [0.1, 0.15) is 23.4 Å². The molecule has 0 spiro atoms. The van der Waals surface area contributed by atoms with Gasteiger partial charge in [-0.2, -0.15) is 10.4 Å². The Labute approximate surface area is 212 Å². The molecule has 11 nitrogen and oxygen atoms in total. The van der Waals surface area contributed by atoms with Crippen molar-refractivity contribution in [1.82, 2.24) is 9.61 Å². The maximum atomic E-state index is 12.9. The smallest absolute Gasteiger partial charge is 0.278 e. The first kappa shape index (κ1) is 25.4. The number of amidine groups is 1. The van der Waals surface area contributed by atoms with Crippen molar-refractivity contribution < 1.29 is 23.1 Å². The molecule has 0 atom stereocenters. The van der Waals surface area contributed by atoms with Gasteiger partial charge in [-0.3, -0.25) is 4.79 Å². The van der Waals surface area contributed by atoms with Gasteiger partial charge in [-0.1, -0.05) is 18.2 Å². The maximum Gasteiger partial charge on any atom is 0.278 e. The molecule has 0 amide bonds. The van der Waals surface area contributed by atoms with Crippen LogP contribution in [0.25, 0.3) is 5.52 Å². The van der Waals surface area contributed by atoms with Gasteiger partial charge < -0.3 is 20.9 Å². The summed E-state index contributed by atoms with van der Waals surface area (Å²) in [7, 11) is -4.16. The number of aliphatic hydroxyl groups is 1. The van der Waals surface area contributed by atoms with Gasteiger partial charge in [0.25, 0.3) is 10.0 Å². The highest BCUT2D eigenvalue weighted by Crippen LogP contribution is 2.31. The topological polar surface area (TPSA) is 172 Å². The lowest BCUT2D eigenvalue weighted by atomic mass is 10.1. The van der Waals surface area contributed by atoms with E-state index in [1.165, 1.54) is 16.9 Å². The molecule has 0 unspecified atom stereocenters. The summed E-state index contributed by atoms with van der Waals surface area (Å²) < 4.78 is 33.4. The van der Waals surface area contributed by atoms with Crippen LogP contribution in [0.2, 0.25) is 0 Å². The molecule has 2 aromatic carbocycles. The van der Waals surface area contributed by atoms with E-state index in [0.717, 1.165) is 0 Å². The minimum atomic E-state index is -4.16. The van der Waals surface area contributed by atoms with Crippen LogP contribution in [-0.2, 0) is 10.0 Å². The number of carbonyl (C=O) groups is 1. The number of para-hydroxylation sites is 1. The van der Waals surface area contributed by atoms with Gasteiger partial charge in [-0.15, -0.1) is 4.40 Å². The summed E-state index contributed by atoms with van der Waals surface area (Å²) in [6.07, 6.45) is 2.37. The molecule has 188 valence electrons. The molecule has 0 bridgehead atoms. The number of nitrogens with zero attached hydrogens (tertiary/aromatic N) is 4. The van der Waals surface area contributed by atoms with Crippen LogP contribution in [0.1, 0.15) is 27.9 Å². The number of hydrogen-bond acceptors (Lipinski definition) is 8. The molecule has 0 saturated carbocycles. The van der Waals surface area contributed by atoms with Crippen LogP contribution in [0.15, 0.2) is 71.4 Å². The normalized spacial score (nSPS) is 11.8. The monoisotopic (exact) mass is 518 g/mol. The number of aromatic nitrogens is 2. The average Bonchev–Trinajstić information content (AvgIpc) is 3.22. The molecular weight excluding hydrogens is 496 g/mol. The minimum absolute atomic E-state index is 0.233. The fourth-order valence-corrected chi connectivity index (χ4v) is 4.14. The van der Waals surface area contributed by atoms with E-state index in [9.17, 15) is 18.5 Å². The van der Waals surface area contributed by atoms with E-state index in [0.29, 0.717) is 34.0 Å². The number of rotatable bonds is 9. The number of carbonyl (C=O) groups excluding carboxylic acids is 1. The number of ether oxygens (including phenoxy) is 1. The average molecular weight is 519 g/mol. The summed E-state index contributed by atoms with van der Waals surface area (Å²) >= 11 is 0. The van der Waals surface area contributed by atoms with Crippen molar-refractivity contribution in [2.45, 2.75) is 13.3 Å².